The number of aromatic amines is 1. The Balaban J connectivity index is 2.06. The summed E-state index contributed by atoms with van der Waals surface area (Å²) < 4.78 is 30.7. The third-order valence-electron chi connectivity index (χ3n) is 1.85. The predicted octanol–water partition coefficient (Wildman–Crippen LogP) is 0.185. The monoisotopic (exact) mass is 242 g/mol. The summed E-state index contributed by atoms with van der Waals surface area (Å²) in [7, 11) is -3.57. The van der Waals surface area contributed by atoms with Crippen molar-refractivity contribution in [2.45, 2.75) is 18.5 Å². The van der Waals surface area contributed by atoms with Crippen LogP contribution in [0.25, 0.3) is 0 Å². The quantitative estimate of drug-likeness (QED) is 0.796. The Hall–Kier alpha value is -1.67. The third kappa shape index (κ3) is 2.28. The number of hydrogen-bond donors (Lipinski definition) is 2. The SMILES string of the molecule is Cc1cnc(CNS(=O)(=O)c2cnc[nH]2)o1. The van der Waals surface area contributed by atoms with Crippen LogP contribution >= 0.6 is 0 Å². The van der Waals surface area contributed by atoms with Crippen LogP contribution in [-0.2, 0) is 16.6 Å². The molecule has 86 valence electrons. The van der Waals surface area contributed by atoms with Crippen LogP contribution in [0.5, 0.6) is 0 Å². The first-order valence-electron chi connectivity index (χ1n) is 4.47. The van der Waals surface area contributed by atoms with Gasteiger partial charge in [0.05, 0.1) is 25.3 Å². The third-order valence-corrected chi connectivity index (χ3v) is 3.17. The van der Waals surface area contributed by atoms with Gasteiger partial charge < -0.3 is 9.40 Å². The predicted molar refractivity (Wildman–Crippen MR) is 53.9 cm³/mol. The molecule has 2 heterocycles. The maximum atomic E-state index is 11.6. The van der Waals surface area contributed by atoms with Crippen LogP contribution in [0.15, 0.2) is 28.2 Å². The molecule has 2 aromatic rings. The largest absolute Gasteiger partial charge is 0.445 e. The van der Waals surface area contributed by atoms with Crippen molar-refractivity contribution in [3.05, 3.63) is 30.4 Å². The number of imidazole rings is 1. The highest BCUT2D eigenvalue weighted by atomic mass is 32.2. The maximum absolute atomic E-state index is 11.6. The van der Waals surface area contributed by atoms with Crippen molar-refractivity contribution in [3.8, 4) is 0 Å². The van der Waals surface area contributed by atoms with Crippen molar-refractivity contribution in [1.29, 1.82) is 0 Å². The number of rotatable bonds is 4. The molecule has 0 aliphatic carbocycles. The van der Waals surface area contributed by atoms with E-state index in [1.54, 1.807) is 6.92 Å². The fourth-order valence-corrected chi connectivity index (χ4v) is 1.98. The number of nitrogens with one attached hydrogen (secondary N) is 2. The first kappa shape index (κ1) is 10.8. The molecule has 0 aliphatic heterocycles. The van der Waals surface area contributed by atoms with Crippen molar-refractivity contribution in [3.63, 3.8) is 0 Å². The van der Waals surface area contributed by atoms with Gasteiger partial charge in [-0.05, 0) is 6.92 Å². The molecule has 0 radical (unpaired) electrons. The van der Waals surface area contributed by atoms with Crippen LogP contribution in [0.4, 0.5) is 0 Å². The van der Waals surface area contributed by atoms with E-state index in [4.69, 9.17) is 4.42 Å². The van der Waals surface area contributed by atoms with E-state index >= 15 is 0 Å². The average molecular weight is 242 g/mol. The topological polar surface area (TPSA) is 101 Å². The summed E-state index contributed by atoms with van der Waals surface area (Å²) in [6.07, 6.45) is 4.05. The molecule has 0 amide bonds. The van der Waals surface area contributed by atoms with Crippen molar-refractivity contribution in [1.82, 2.24) is 19.7 Å². The molecule has 0 atom stereocenters. The molecule has 2 N–H and O–H groups in total. The second-order valence-electron chi connectivity index (χ2n) is 3.11. The number of hydrogen-bond acceptors (Lipinski definition) is 5. The highest BCUT2D eigenvalue weighted by Gasteiger charge is 2.15. The lowest BCUT2D eigenvalue weighted by atomic mass is 10.6. The van der Waals surface area contributed by atoms with Gasteiger partial charge in [0.1, 0.15) is 5.76 Å². The molecule has 8 heteroatoms. The summed E-state index contributed by atoms with van der Waals surface area (Å²) in [4.78, 5) is 10.0. The summed E-state index contributed by atoms with van der Waals surface area (Å²) in [6.45, 7) is 1.75. The number of oxazole rings is 1. The minimum Gasteiger partial charge on any atom is -0.445 e. The standard InChI is InChI=1S/C8H10N4O3S/c1-6-2-10-7(15-6)3-12-16(13,14)8-4-9-5-11-8/h2,4-5,12H,3H2,1H3,(H,9,11). The van der Waals surface area contributed by atoms with Gasteiger partial charge >= 0.3 is 0 Å². The number of aryl methyl sites for hydroxylation is 1. The van der Waals surface area contributed by atoms with Gasteiger partial charge in [-0.3, -0.25) is 0 Å². The zero-order chi connectivity index (χ0) is 11.6. The van der Waals surface area contributed by atoms with Crippen LogP contribution < -0.4 is 4.72 Å². The smallest absolute Gasteiger partial charge is 0.258 e. The minimum absolute atomic E-state index is 0.00912. The van der Waals surface area contributed by atoms with Gasteiger partial charge in [-0.2, -0.15) is 0 Å². The van der Waals surface area contributed by atoms with Gasteiger partial charge in [-0.1, -0.05) is 0 Å². The molecule has 16 heavy (non-hydrogen) atoms. The molecule has 0 aliphatic rings. The summed E-state index contributed by atoms with van der Waals surface area (Å²) in [5, 5.41) is 0.00998. The fraction of sp³-hybridized carbons (Fsp3) is 0.250. The maximum Gasteiger partial charge on any atom is 0.258 e. The van der Waals surface area contributed by atoms with Crippen molar-refractivity contribution in [2.24, 2.45) is 0 Å². The Morgan fingerprint density at radius 1 is 1.50 bits per heavy atom. The summed E-state index contributed by atoms with van der Waals surface area (Å²) in [6, 6.07) is 0. The van der Waals surface area contributed by atoms with E-state index < -0.39 is 10.0 Å². The van der Waals surface area contributed by atoms with E-state index in [-0.39, 0.29) is 11.6 Å². The summed E-state index contributed by atoms with van der Waals surface area (Å²) in [5.41, 5.74) is 0. The van der Waals surface area contributed by atoms with Crippen LogP contribution in [0.2, 0.25) is 0 Å². The molecular weight excluding hydrogens is 232 g/mol. The molecule has 0 aromatic carbocycles. The second kappa shape index (κ2) is 4.06. The molecule has 0 spiro atoms. The van der Waals surface area contributed by atoms with Gasteiger partial charge in [-0.25, -0.2) is 23.1 Å². The number of sulfonamides is 1. The molecule has 0 saturated heterocycles. The molecule has 7 nitrogen and oxygen atoms in total. The van der Waals surface area contributed by atoms with Crippen molar-refractivity contribution in [2.75, 3.05) is 0 Å². The van der Waals surface area contributed by atoms with E-state index in [0.29, 0.717) is 11.7 Å². The van der Waals surface area contributed by atoms with Gasteiger partial charge in [0.25, 0.3) is 10.0 Å². The Morgan fingerprint density at radius 2 is 2.31 bits per heavy atom. The minimum atomic E-state index is -3.57. The van der Waals surface area contributed by atoms with E-state index in [1.807, 2.05) is 0 Å². The zero-order valence-electron chi connectivity index (χ0n) is 8.47. The van der Waals surface area contributed by atoms with Gasteiger partial charge in [0.15, 0.2) is 5.03 Å². The number of nitrogens with zero attached hydrogens (tertiary/aromatic N) is 2. The average Bonchev–Trinajstić information content (AvgIpc) is 2.85. The van der Waals surface area contributed by atoms with Crippen LogP contribution in [-0.4, -0.2) is 23.4 Å². The lowest BCUT2D eigenvalue weighted by molar-refractivity contribution is 0.463. The molecule has 0 bridgehead atoms. The van der Waals surface area contributed by atoms with E-state index in [0.717, 1.165) is 0 Å². The zero-order valence-corrected chi connectivity index (χ0v) is 9.28. The van der Waals surface area contributed by atoms with Gasteiger partial charge in [0.2, 0.25) is 5.89 Å². The highest BCUT2D eigenvalue weighted by molar-refractivity contribution is 7.89. The first-order chi connectivity index (χ1) is 7.58. The second-order valence-corrected chi connectivity index (χ2v) is 4.84. The molecule has 0 saturated carbocycles. The molecule has 2 aromatic heterocycles. The lowest BCUT2D eigenvalue weighted by Crippen LogP contribution is -2.23. The molecule has 0 unspecified atom stereocenters. The Bertz CT molecular complexity index is 558. The fourth-order valence-electron chi connectivity index (χ4n) is 1.11. The molecular formula is C8H10N4O3S. The normalized spacial score (nSPS) is 11.8. The molecule has 0 fully saturated rings. The summed E-state index contributed by atoms with van der Waals surface area (Å²) in [5.74, 6) is 0.955. The lowest BCUT2D eigenvalue weighted by Gasteiger charge is -2.01. The van der Waals surface area contributed by atoms with Crippen molar-refractivity contribution >= 4 is 10.0 Å². The Kier molecular flexibility index (Phi) is 2.75. The van der Waals surface area contributed by atoms with Gasteiger partial charge in [-0.15, -0.1) is 0 Å². The van der Waals surface area contributed by atoms with Crippen LogP contribution in [0.3, 0.4) is 0 Å². The Morgan fingerprint density at radius 3 is 2.88 bits per heavy atom. The molecule has 2 rings (SSSR count). The number of aromatic nitrogens is 3. The summed E-state index contributed by atoms with van der Waals surface area (Å²) >= 11 is 0. The van der Waals surface area contributed by atoms with Crippen molar-refractivity contribution < 1.29 is 12.8 Å². The Labute approximate surface area is 92.0 Å². The first-order valence-corrected chi connectivity index (χ1v) is 5.95. The van der Waals surface area contributed by atoms with E-state index in [1.165, 1.54) is 18.7 Å². The van der Waals surface area contributed by atoms with Crippen LogP contribution in [0.1, 0.15) is 11.7 Å². The van der Waals surface area contributed by atoms with E-state index in [2.05, 4.69) is 19.7 Å². The number of H-pyrrole nitrogens is 1. The van der Waals surface area contributed by atoms with Crippen LogP contribution in [0, 0.1) is 6.92 Å². The van der Waals surface area contributed by atoms with E-state index in [9.17, 15) is 8.42 Å². The van der Waals surface area contributed by atoms with Gasteiger partial charge in [0, 0.05) is 0 Å². The highest BCUT2D eigenvalue weighted by Crippen LogP contribution is 2.05.